The van der Waals surface area contributed by atoms with Gasteiger partial charge in [-0.3, -0.25) is 9.59 Å². The monoisotopic (exact) mass is 565 g/mol. The third-order valence-corrected chi connectivity index (χ3v) is 6.22. The second kappa shape index (κ2) is 12.2. The molecule has 4 aromatic carbocycles. The minimum Gasteiger partial charge on any atom is -0.493 e. The largest absolute Gasteiger partial charge is 0.493 e. The first-order chi connectivity index (χ1) is 20.4. The quantitative estimate of drug-likeness (QED) is 0.105. The number of aromatic nitrogens is 1. The van der Waals surface area contributed by atoms with Crippen molar-refractivity contribution in [3.05, 3.63) is 114 Å². The van der Waals surface area contributed by atoms with E-state index in [4.69, 9.17) is 14.2 Å². The minimum absolute atomic E-state index is 0.143. The number of ether oxygens (including phenoxy) is 3. The Labute approximate surface area is 239 Å². The van der Waals surface area contributed by atoms with Crippen molar-refractivity contribution in [3.63, 3.8) is 0 Å². The lowest BCUT2D eigenvalue weighted by Crippen LogP contribution is -2.19. The molecule has 1 amide bonds. The number of hydrogen-bond donors (Lipinski definition) is 2. The second-order valence-corrected chi connectivity index (χ2v) is 8.99. The normalized spacial score (nSPS) is 10.9. The van der Waals surface area contributed by atoms with Gasteiger partial charge in [-0.1, -0.05) is 54.6 Å². The first-order valence-electron chi connectivity index (χ1n) is 12.7. The van der Waals surface area contributed by atoms with E-state index in [-0.39, 0.29) is 34.0 Å². The molecule has 0 unspecified atom stereocenters. The second-order valence-electron chi connectivity index (χ2n) is 8.99. The highest BCUT2D eigenvalue weighted by atomic mass is 19.1. The van der Waals surface area contributed by atoms with Gasteiger partial charge in [-0.05, 0) is 42.0 Å². The van der Waals surface area contributed by atoms with E-state index >= 15 is 0 Å². The third-order valence-electron chi connectivity index (χ3n) is 6.22. The molecule has 10 heteroatoms. The molecule has 210 valence electrons. The molecule has 42 heavy (non-hydrogen) atoms. The predicted octanol–water partition coefficient (Wildman–Crippen LogP) is 5.89. The van der Waals surface area contributed by atoms with Crippen LogP contribution in [-0.4, -0.2) is 36.2 Å². The molecule has 0 aliphatic heterocycles. The maximum atomic E-state index is 14.6. The van der Waals surface area contributed by atoms with Crippen LogP contribution in [0.25, 0.3) is 22.0 Å². The summed E-state index contributed by atoms with van der Waals surface area (Å²) in [5.41, 5.74) is 4.65. The van der Waals surface area contributed by atoms with Crippen molar-refractivity contribution >= 4 is 35.0 Å². The highest BCUT2D eigenvalue weighted by Gasteiger charge is 2.21. The van der Waals surface area contributed by atoms with Gasteiger partial charge in [-0.2, -0.15) is 5.10 Å². The summed E-state index contributed by atoms with van der Waals surface area (Å²) in [5.74, 6) is -1.77. The first kappa shape index (κ1) is 27.8. The fourth-order valence-electron chi connectivity index (χ4n) is 4.35. The number of carbonyl (C=O) groups is 3. The minimum atomic E-state index is -0.694. The van der Waals surface area contributed by atoms with Crippen LogP contribution in [0.5, 0.6) is 17.2 Å². The van der Waals surface area contributed by atoms with Gasteiger partial charge in [0.1, 0.15) is 17.3 Å². The molecule has 2 N–H and O–H groups in total. The molecule has 0 fully saturated rings. The lowest BCUT2D eigenvalue weighted by atomic mass is 10.0. The molecule has 0 saturated carbocycles. The summed E-state index contributed by atoms with van der Waals surface area (Å²) < 4.78 is 30.4. The highest BCUT2D eigenvalue weighted by Crippen LogP contribution is 2.34. The van der Waals surface area contributed by atoms with E-state index in [9.17, 15) is 18.8 Å². The number of benzene rings is 4. The molecule has 0 atom stereocenters. The number of carbonyl (C=O) groups excluding carboxylic acids is 3. The maximum Gasteiger partial charge on any atom is 0.343 e. The molecule has 1 heterocycles. The molecule has 5 aromatic rings. The van der Waals surface area contributed by atoms with Crippen molar-refractivity contribution in [1.29, 1.82) is 0 Å². The molecular formula is C32H24FN3O6. The number of nitrogens with one attached hydrogen (secondary N) is 2. The third kappa shape index (κ3) is 5.87. The van der Waals surface area contributed by atoms with Crippen LogP contribution in [-0.2, 0) is 4.79 Å². The van der Waals surface area contributed by atoms with Gasteiger partial charge in [0.05, 0.1) is 24.4 Å². The number of para-hydroxylation sites is 2. The van der Waals surface area contributed by atoms with Gasteiger partial charge in [-0.15, -0.1) is 0 Å². The zero-order valence-corrected chi connectivity index (χ0v) is 22.5. The molecule has 1 aromatic heterocycles. The topological polar surface area (TPSA) is 119 Å². The average Bonchev–Trinajstić information content (AvgIpc) is 3.39. The van der Waals surface area contributed by atoms with Gasteiger partial charge >= 0.3 is 11.9 Å². The Hall–Kier alpha value is -5.77. The van der Waals surface area contributed by atoms with Crippen molar-refractivity contribution in [1.82, 2.24) is 10.4 Å². The zero-order chi connectivity index (χ0) is 29.6. The number of halogens is 1. The van der Waals surface area contributed by atoms with Crippen LogP contribution in [0.2, 0.25) is 0 Å². The number of amides is 1. The van der Waals surface area contributed by atoms with Crippen molar-refractivity contribution in [2.45, 2.75) is 6.92 Å². The van der Waals surface area contributed by atoms with Crippen molar-refractivity contribution in [3.8, 4) is 28.4 Å². The van der Waals surface area contributed by atoms with Crippen LogP contribution in [0.3, 0.4) is 0 Å². The molecule has 0 bridgehead atoms. The van der Waals surface area contributed by atoms with E-state index in [2.05, 4.69) is 15.5 Å². The van der Waals surface area contributed by atoms with Crippen LogP contribution >= 0.6 is 0 Å². The number of rotatable bonds is 8. The van der Waals surface area contributed by atoms with Crippen LogP contribution in [0.1, 0.15) is 33.3 Å². The SMILES string of the molecule is COc1cc(C(=O)Oc2ccccc2C=NNC(=O)c2[nH]c3c(F)cccc3c2-c2ccccc2)ccc1OC(C)=O. The van der Waals surface area contributed by atoms with Gasteiger partial charge in [0.15, 0.2) is 11.5 Å². The summed E-state index contributed by atoms with van der Waals surface area (Å²) in [6.07, 6.45) is 1.33. The Morgan fingerprint density at radius 2 is 1.62 bits per heavy atom. The number of H-pyrrole nitrogens is 1. The van der Waals surface area contributed by atoms with Gasteiger partial charge in [0.25, 0.3) is 5.91 Å². The van der Waals surface area contributed by atoms with Gasteiger partial charge in [-0.25, -0.2) is 14.6 Å². The fraction of sp³-hybridized carbons (Fsp3) is 0.0625. The molecule has 5 rings (SSSR count). The van der Waals surface area contributed by atoms with Crippen LogP contribution < -0.4 is 19.6 Å². The molecule has 9 nitrogen and oxygen atoms in total. The first-order valence-corrected chi connectivity index (χ1v) is 12.7. The number of hydrogen-bond acceptors (Lipinski definition) is 7. The highest BCUT2D eigenvalue weighted by molar-refractivity contribution is 6.10. The van der Waals surface area contributed by atoms with Crippen LogP contribution in [0.15, 0.2) is 96.1 Å². The van der Waals surface area contributed by atoms with E-state index < -0.39 is 23.7 Å². The summed E-state index contributed by atoms with van der Waals surface area (Å²) in [4.78, 5) is 40.3. The molecular weight excluding hydrogens is 541 g/mol. The summed E-state index contributed by atoms with van der Waals surface area (Å²) in [6, 6.07) is 24.7. The maximum absolute atomic E-state index is 14.6. The summed E-state index contributed by atoms with van der Waals surface area (Å²) >= 11 is 0. The van der Waals surface area contributed by atoms with Gasteiger partial charge in [0, 0.05) is 23.4 Å². The summed E-state index contributed by atoms with van der Waals surface area (Å²) in [5, 5.41) is 4.61. The number of esters is 2. The predicted molar refractivity (Wildman–Crippen MR) is 154 cm³/mol. The van der Waals surface area contributed by atoms with E-state index in [1.54, 1.807) is 36.4 Å². The lowest BCUT2D eigenvalue weighted by Gasteiger charge is -2.11. The Kier molecular flexibility index (Phi) is 8.05. The number of fused-ring (bicyclic) bond motifs is 1. The number of methoxy groups -OCH3 is 1. The van der Waals surface area contributed by atoms with E-state index in [1.807, 2.05) is 30.3 Å². The summed E-state index contributed by atoms with van der Waals surface area (Å²) in [6.45, 7) is 1.25. The molecule has 0 spiro atoms. The number of nitrogens with zero attached hydrogens (tertiary/aromatic N) is 1. The van der Waals surface area contributed by atoms with Crippen molar-refractivity contribution in [2.24, 2.45) is 5.10 Å². The van der Waals surface area contributed by atoms with Crippen LogP contribution in [0.4, 0.5) is 4.39 Å². The van der Waals surface area contributed by atoms with E-state index in [1.165, 1.54) is 44.5 Å². The Balaban J connectivity index is 1.36. The van der Waals surface area contributed by atoms with E-state index in [0.29, 0.717) is 16.5 Å². The van der Waals surface area contributed by atoms with Crippen LogP contribution in [0, 0.1) is 5.82 Å². The van der Waals surface area contributed by atoms with Gasteiger partial charge < -0.3 is 19.2 Å². The lowest BCUT2D eigenvalue weighted by molar-refractivity contribution is -0.132. The number of hydrazone groups is 1. The fourth-order valence-corrected chi connectivity index (χ4v) is 4.35. The smallest absolute Gasteiger partial charge is 0.343 e. The molecule has 0 radical (unpaired) electrons. The molecule has 0 saturated heterocycles. The average molecular weight is 566 g/mol. The zero-order valence-electron chi connectivity index (χ0n) is 22.5. The van der Waals surface area contributed by atoms with E-state index in [0.717, 1.165) is 5.56 Å². The molecule has 0 aliphatic rings. The van der Waals surface area contributed by atoms with Gasteiger partial charge in [0.2, 0.25) is 0 Å². The Morgan fingerprint density at radius 3 is 2.38 bits per heavy atom. The van der Waals surface area contributed by atoms with Crippen molar-refractivity contribution in [2.75, 3.05) is 7.11 Å². The Bertz CT molecular complexity index is 1830. The Morgan fingerprint density at radius 1 is 0.857 bits per heavy atom. The van der Waals surface area contributed by atoms with Crippen molar-refractivity contribution < 1.29 is 33.0 Å². The number of aromatic amines is 1. The molecule has 0 aliphatic carbocycles. The standard InChI is InChI=1S/C32H24FN3O6/c1-19(37)41-26-16-15-21(17-27(26)40-2)32(39)42-25-14-7-6-11-22(25)18-34-36-31(38)30-28(20-9-4-3-5-10-20)23-12-8-13-24(33)29(23)35-30/h3-18,35H,1-2H3,(H,36,38). The summed E-state index contributed by atoms with van der Waals surface area (Å²) in [7, 11) is 1.38.